The second-order valence-corrected chi connectivity index (χ2v) is 5.42. The van der Waals surface area contributed by atoms with Crippen LogP contribution in [0.25, 0.3) is 0 Å². The molecule has 1 atom stereocenters. The van der Waals surface area contributed by atoms with E-state index in [-0.39, 0.29) is 18.1 Å². The molecule has 0 radical (unpaired) electrons. The Bertz CT molecular complexity index is 484. The van der Waals surface area contributed by atoms with Gasteiger partial charge in [-0.3, -0.25) is 9.59 Å². The summed E-state index contributed by atoms with van der Waals surface area (Å²) in [6.07, 6.45) is 0.222. The first-order chi connectivity index (χ1) is 8.86. The van der Waals surface area contributed by atoms with Crippen LogP contribution in [0.15, 0.2) is 18.2 Å². The smallest absolute Gasteiger partial charge is 0.316 e. The molecule has 0 bridgehead atoms. The fourth-order valence-corrected chi connectivity index (χ4v) is 2.24. The largest absolute Gasteiger partial charge is 0.468 e. The number of halogens is 2. The molecule has 0 aromatic heterocycles. The van der Waals surface area contributed by atoms with Crippen LogP contribution in [0.3, 0.4) is 0 Å². The molecule has 104 valence electrons. The lowest BCUT2D eigenvalue weighted by molar-refractivity contribution is -0.150. The highest BCUT2D eigenvalue weighted by Crippen LogP contribution is 2.25. The summed E-state index contributed by atoms with van der Waals surface area (Å²) in [7, 11) is 1.27. The van der Waals surface area contributed by atoms with Crippen LogP contribution in [-0.2, 0) is 20.7 Å². The molecule has 0 saturated heterocycles. The van der Waals surface area contributed by atoms with Gasteiger partial charge in [0.2, 0.25) is 0 Å². The number of ketones is 1. The van der Waals surface area contributed by atoms with E-state index in [0.29, 0.717) is 15.6 Å². The second kappa shape index (κ2) is 6.92. The minimum absolute atomic E-state index is 0.155. The Balaban J connectivity index is 3.00. The van der Waals surface area contributed by atoms with E-state index < -0.39 is 11.9 Å². The Morgan fingerprint density at radius 2 is 1.89 bits per heavy atom. The standard InChI is InChI=1S/C14H16Cl2O3/c1-8(2)13(17)11(14(18)19-3)6-9-4-5-10(15)7-12(9)16/h4-5,7-8,11H,6H2,1-3H3. The topological polar surface area (TPSA) is 43.4 Å². The fraction of sp³-hybridized carbons (Fsp3) is 0.429. The number of carbonyl (C=O) groups is 2. The summed E-state index contributed by atoms with van der Waals surface area (Å²) in [5.41, 5.74) is 0.704. The molecule has 1 aromatic rings. The van der Waals surface area contributed by atoms with E-state index in [4.69, 9.17) is 27.9 Å². The van der Waals surface area contributed by atoms with Gasteiger partial charge < -0.3 is 4.74 Å². The minimum atomic E-state index is -0.830. The first-order valence-electron chi connectivity index (χ1n) is 5.92. The molecular weight excluding hydrogens is 287 g/mol. The predicted molar refractivity (Wildman–Crippen MR) is 75.5 cm³/mol. The van der Waals surface area contributed by atoms with Crippen molar-refractivity contribution >= 4 is 35.0 Å². The van der Waals surface area contributed by atoms with E-state index in [0.717, 1.165) is 0 Å². The van der Waals surface area contributed by atoms with Gasteiger partial charge in [-0.25, -0.2) is 0 Å². The summed E-state index contributed by atoms with van der Waals surface area (Å²) in [6, 6.07) is 4.98. The number of hydrogen-bond donors (Lipinski definition) is 0. The number of methoxy groups -OCH3 is 1. The van der Waals surface area contributed by atoms with Gasteiger partial charge in [0.1, 0.15) is 11.7 Å². The quantitative estimate of drug-likeness (QED) is 0.617. The number of benzene rings is 1. The lowest BCUT2D eigenvalue weighted by Crippen LogP contribution is -2.30. The summed E-state index contributed by atoms with van der Waals surface area (Å²) >= 11 is 11.9. The van der Waals surface area contributed by atoms with Crippen LogP contribution in [0.2, 0.25) is 10.0 Å². The zero-order valence-electron chi connectivity index (χ0n) is 11.1. The highest BCUT2D eigenvalue weighted by Gasteiger charge is 2.30. The maximum absolute atomic E-state index is 12.1. The second-order valence-electron chi connectivity index (χ2n) is 4.57. The predicted octanol–water partition coefficient (Wildman–Crippen LogP) is 3.55. The summed E-state index contributed by atoms with van der Waals surface area (Å²) in [6.45, 7) is 3.50. The molecule has 0 fully saturated rings. The Morgan fingerprint density at radius 3 is 2.37 bits per heavy atom. The number of carbonyl (C=O) groups excluding carboxylic acids is 2. The molecule has 0 amide bonds. The fourth-order valence-electron chi connectivity index (χ4n) is 1.75. The van der Waals surface area contributed by atoms with Gasteiger partial charge in [0.05, 0.1) is 7.11 Å². The first kappa shape index (κ1) is 16.0. The number of esters is 1. The summed E-state index contributed by atoms with van der Waals surface area (Å²) in [4.78, 5) is 23.8. The van der Waals surface area contributed by atoms with E-state index in [2.05, 4.69) is 0 Å². The number of rotatable bonds is 5. The zero-order chi connectivity index (χ0) is 14.6. The molecule has 0 aliphatic rings. The van der Waals surface area contributed by atoms with Gasteiger partial charge in [-0.2, -0.15) is 0 Å². The van der Waals surface area contributed by atoms with Gasteiger partial charge in [-0.1, -0.05) is 43.1 Å². The van der Waals surface area contributed by atoms with E-state index in [9.17, 15) is 9.59 Å². The average molecular weight is 303 g/mol. The zero-order valence-corrected chi connectivity index (χ0v) is 12.6. The van der Waals surface area contributed by atoms with Gasteiger partial charge in [0.15, 0.2) is 0 Å². The van der Waals surface area contributed by atoms with Gasteiger partial charge in [0.25, 0.3) is 0 Å². The highest BCUT2D eigenvalue weighted by molar-refractivity contribution is 6.35. The first-order valence-corrected chi connectivity index (χ1v) is 6.68. The molecule has 0 heterocycles. The SMILES string of the molecule is COC(=O)C(Cc1ccc(Cl)cc1Cl)C(=O)C(C)C. The van der Waals surface area contributed by atoms with Crippen LogP contribution in [0.4, 0.5) is 0 Å². The van der Waals surface area contributed by atoms with Gasteiger partial charge in [0, 0.05) is 16.0 Å². The molecule has 0 saturated carbocycles. The Hall–Kier alpha value is -1.06. The molecule has 19 heavy (non-hydrogen) atoms. The van der Waals surface area contributed by atoms with Crippen molar-refractivity contribution in [2.24, 2.45) is 11.8 Å². The third-order valence-electron chi connectivity index (χ3n) is 2.84. The lowest BCUT2D eigenvalue weighted by Gasteiger charge is -2.16. The van der Waals surface area contributed by atoms with Crippen molar-refractivity contribution in [3.8, 4) is 0 Å². The van der Waals surface area contributed by atoms with E-state index >= 15 is 0 Å². The van der Waals surface area contributed by atoms with Crippen molar-refractivity contribution in [2.45, 2.75) is 20.3 Å². The Labute approximate surface area is 122 Å². The van der Waals surface area contributed by atoms with Crippen LogP contribution in [0.1, 0.15) is 19.4 Å². The molecule has 1 unspecified atom stereocenters. The van der Waals surface area contributed by atoms with E-state index in [1.807, 2.05) is 0 Å². The molecule has 3 nitrogen and oxygen atoms in total. The van der Waals surface area contributed by atoms with Crippen LogP contribution in [-0.4, -0.2) is 18.9 Å². The van der Waals surface area contributed by atoms with Gasteiger partial charge in [-0.15, -0.1) is 0 Å². The number of ether oxygens (including phenoxy) is 1. The van der Waals surface area contributed by atoms with Crippen LogP contribution < -0.4 is 0 Å². The van der Waals surface area contributed by atoms with Crippen molar-refractivity contribution in [3.05, 3.63) is 33.8 Å². The third kappa shape index (κ3) is 4.22. The molecular formula is C14H16Cl2O3. The molecule has 0 aliphatic heterocycles. The molecule has 0 spiro atoms. The Kier molecular flexibility index (Phi) is 5.83. The van der Waals surface area contributed by atoms with Crippen molar-refractivity contribution in [1.82, 2.24) is 0 Å². The molecule has 5 heteroatoms. The third-order valence-corrected chi connectivity index (χ3v) is 3.42. The van der Waals surface area contributed by atoms with E-state index in [1.54, 1.807) is 32.0 Å². The van der Waals surface area contributed by atoms with Crippen molar-refractivity contribution in [3.63, 3.8) is 0 Å². The number of Topliss-reactive ketones (excluding diaryl/α,β-unsaturated/α-hetero) is 1. The van der Waals surface area contributed by atoms with Crippen LogP contribution in [0, 0.1) is 11.8 Å². The van der Waals surface area contributed by atoms with Crippen LogP contribution >= 0.6 is 23.2 Å². The molecule has 1 rings (SSSR count). The van der Waals surface area contributed by atoms with Gasteiger partial charge >= 0.3 is 5.97 Å². The van der Waals surface area contributed by atoms with Crippen molar-refractivity contribution in [1.29, 1.82) is 0 Å². The Morgan fingerprint density at radius 1 is 1.26 bits per heavy atom. The molecule has 1 aromatic carbocycles. The summed E-state index contributed by atoms with van der Waals surface area (Å²) in [5, 5.41) is 0.955. The molecule has 0 N–H and O–H groups in total. The van der Waals surface area contributed by atoms with Gasteiger partial charge in [-0.05, 0) is 24.1 Å². The highest BCUT2D eigenvalue weighted by atomic mass is 35.5. The molecule has 0 aliphatic carbocycles. The minimum Gasteiger partial charge on any atom is -0.468 e. The maximum atomic E-state index is 12.1. The van der Waals surface area contributed by atoms with Crippen molar-refractivity contribution < 1.29 is 14.3 Å². The summed E-state index contributed by atoms with van der Waals surface area (Å²) < 4.78 is 4.69. The van der Waals surface area contributed by atoms with Crippen LogP contribution in [0.5, 0.6) is 0 Å². The van der Waals surface area contributed by atoms with Crippen molar-refractivity contribution in [2.75, 3.05) is 7.11 Å². The number of hydrogen-bond acceptors (Lipinski definition) is 3. The summed E-state index contributed by atoms with van der Waals surface area (Å²) in [5.74, 6) is -1.76. The van der Waals surface area contributed by atoms with E-state index in [1.165, 1.54) is 7.11 Å². The maximum Gasteiger partial charge on any atom is 0.316 e. The lowest BCUT2D eigenvalue weighted by atomic mass is 9.89. The normalized spacial score (nSPS) is 12.3. The monoisotopic (exact) mass is 302 g/mol. The average Bonchev–Trinajstić information content (AvgIpc) is 2.36.